The Morgan fingerprint density at radius 3 is 2.84 bits per heavy atom. The number of urea groups is 1. The van der Waals surface area contributed by atoms with Crippen molar-refractivity contribution in [3.05, 3.63) is 0 Å². The molecule has 1 saturated heterocycles. The van der Waals surface area contributed by atoms with Crippen LogP contribution in [-0.2, 0) is 9.53 Å². The lowest BCUT2D eigenvalue weighted by Gasteiger charge is -2.20. The smallest absolute Gasteiger partial charge is 0.327 e. The molecule has 2 N–H and O–H groups in total. The van der Waals surface area contributed by atoms with Crippen molar-refractivity contribution in [2.75, 3.05) is 24.8 Å². The van der Waals surface area contributed by atoms with Crippen LogP contribution < -0.4 is 5.32 Å². The highest BCUT2D eigenvalue weighted by atomic mass is 32.2. The number of ether oxygens (including phenoxy) is 1. The van der Waals surface area contributed by atoms with E-state index in [1.807, 2.05) is 13.8 Å². The molecule has 0 aromatic carbocycles. The van der Waals surface area contributed by atoms with Gasteiger partial charge >= 0.3 is 12.0 Å². The van der Waals surface area contributed by atoms with Crippen LogP contribution in [0.3, 0.4) is 0 Å². The average Bonchev–Trinajstić information content (AvgIpc) is 2.82. The first-order valence-corrected chi connectivity index (χ1v) is 7.64. The van der Waals surface area contributed by atoms with E-state index in [0.29, 0.717) is 24.8 Å². The molecule has 0 aromatic rings. The molecule has 0 bridgehead atoms. The number of carbonyl (C=O) groups excluding carboxylic acids is 1. The van der Waals surface area contributed by atoms with E-state index in [2.05, 4.69) is 5.32 Å². The summed E-state index contributed by atoms with van der Waals surface area (Å²) in [6.07, 6.45) is 1.94. The van der Waals surface area contributed by atoms with Crippen LogP contribution >= 0.6 is 11.8 Å². The van der Waals surface area contributed by atoms with Gasteiger partial charge in [-0.1, -0.05) is 0 Å². The SMILES string of the molecule is CC(C)OCCCCNC(=O)N1CSC[C@H]1C(=O)O. The Labute approximate surface area is 117 Å². The van der Waals surface area contributed by atoms with E-state index < -0.39 is 12.0 Å². The third-order valence-corrected chi connectivity index (χ3v) is 3.74. The van der Waals surface area contributed by atoms with Gasteiger partial charge in [0.1, 0.15) is 6.04 Å². The molecule has 19 heavy (non-hydrogen) atoms. The monoisotopic (exact) mass is 290 g/mol. The third-order valence-electron chi connectivity index (χ3n) is 2.73. The van der Waals surface area contributed by atoms with E-state index >= 15 is 0 Å². The highest BCUT2D eigenvalue weighted by Crippen LogP contribution is 2.20. The van der Waals surface area contributed by atoms with Crippen molar-refractivity contribution in [2.45, 2.75) is 38.8 Å². The number of hydrogen-bond acceptors (Lipinski definition) is 4. The number of nitrogens with zero attached hydrogens (tertiary/aromatic N) is 1. The quantitative estimate of drug-likeness (QED) is 0.692. The fourth-order valence-electron chi connectivity index (χ4n) is 1.69. The van der Waals surface area contributed by atoms with Gasteiger partial charge in [-0.2, -0.15) is 0 Å². The van der Waals surface area contributed by atoms with Crippen LogP contribution in [0.4, 0.5) is 4.79 Å². The minimum Gasteiger partial charge on any atom is -0.480 e. The number of amides is 2. The first-order chi connectivity index (χ1) is 9.02. The van der Waals surface area contributed by atoms with Crippen LogP contribution in [0.1, 0.15) is 26.7 Å². The van der Waals surface area contributed by atoms with E-state index in [0.717, 1.165) is 12.8 Å². The highest BCUT2D eigenvalue weighted by molar-refractivity contribution is 7.99. The van der Waals surface area contributed by atoms with Crippen molar-refractivity contribution < 1.29 is 19.4 Å². The van der Waals surface area contributed by atoms with E-state index in [1.54, 1.807) is 0 Å². The normalized spacial score (nSPS) is 18.9. The van der Waals surface area contributed by atoms with Crippen LogP contribution in [0.5, 0.6) is 0 Å². The standard InChI is InChI=1S/C12H22N2O4S/c1-9(2)18-6-4-3-5-13-12(17)14-8-19-7-10(14)11(15)16/h9-10H,3-8H2,1-2H3,(H,13,17)(H,15,16)/t10-/m0/s1. The second kappa shape index (κ2) is 8.27. The molecule has 0 aromatic heterocycles. The van der Waals surface area contributed by atoms with E-state index in [1.165, 1.54) is 16.7 Å². The lowest BCUT2D eigenvalue weighted by Crippen LogP contribution is -2.47. The number of rotatable bonds is 7. The number of carboxylic acid groups (broad SMARTS) is 1. The number of nitrogens with one attached hydrogen (secondary N) is 1. The molecule has 0 unspecified atom stereocenters. The zero-order valence-corrected chi connectivity index (χ0v) is 12.2. The van der Waals surface area contributed by atoms with Gasteiger partial charge in [0, 0.05) is 18.9 Å². The van der Waals surface area contributed by atoms with Gasteiger partial charge in [0.05, 0.1) is 12.0 Å². The summed E-state index contributed by atoms with van der Waals surface area (Å²) >= 11 is 1.46. The Hall–Kier alpha value is -0.950. The number of thioether (sulfide) groups is 1. The van der Waals surface area contributed by atoms with Crippen LogP contribution in [-0.4, -0.2) is 58.9 Å². The maximum absolute atomic E-state index is 11.8. The topological polar surface area (TPSA) is 78.9 Å². The number of carboxylic acids is 1. The van der Waals surface area contributed by atoms with Crippen molar-refractivity contribution in [1.82, 2.24) is 10.2 Å². The Morgan fingerprint density at radius 1 is 1.47 bits per heavy atom. The predicted molar refractivity (Wildman–Crippen MR) is 74.3 cm³/mol. The minimum absolute atomic E-state index is 0.229. The second-order valence-corrected chi connectivity index (χ2v) is 5.68. The van der Waals surface area contributed by atoms with Crippen LogP contribution in [0.15, 0.2) is 0 Å². The highest BCUT2D eigenvalue weighted by Gasteiger charge is 2.34. The van der Waals surface area contributed by atoms with E-state index in [4.69, 9.17) is 9.84 Å². The predicted octanol–water partition coefficient (Wildman–Crippen LogP) is 1.36. The fraction of sp³-hybridized carbons (Fsp3) is 0.833. The lowest BCUT2D eigenvalue weighted by atomic mass is 10.3. The molecule has 1 aliphatic heterocycles. The molecule has 2 amide bonds. The largest absolute Gasteiger partial charge is 0.480 e. The molecular formula is C12H22N2O4S. The maximum Gasteiger partial charge on any atom is 0.327 e. The van der Waals surface area contributed by atoms with Crippen LogP contribution in [0, 0.1) is 0 Å². The van der Waals surface area contributed by atoms with Gasteiger partial charge in [0.2, 0.25) is 0 Å². The Kier molecular flexibility index (Phi) is 7.01. The molecular weight excluding hydrogens is 268 g/mol. The minimum atomic E-state index is -0.939. The molecule has 1 atom stereocenters. The number of carbonyl (C=O) groups is 2. The third kappa shape index (κ3) is 5.69. The fourth-order valence-corrected chi connectivity index (χ4v) is 2.84. The summed E-state index contributed by atoms with van der Waals surface area (Å²) in [4.78, 5) is 24.1. The zero-order chi connectivity index (χ0) is 14.3. The van der Waals surface area contributed by atoms with E-state index in [-0.39, 0.29) is 12.1 Å². The summed E-state index contributed by atoms with van der Waals surface area (Å²) in [5.41, 5.74) is 0. The Morgan fingerprint density at radius 2 is 2.21 bits per heavy atom. The summed E-state index contributed by atoms with van der Waals surface area (Å²) < 4.78 is 5.39. The molecule has 0 spiro atoms. The number of hydrogen-bond donors (Lipinski definition) is 2. The van der Waals surface area contributed by atoms with Crippen molar-refractivity contribution >= 4 is 23.8 Å². The van der Waals surface area contributed by atoms with Crippen LogP contribution in [0.25, 0.3) is 0 Å². The summed E-state index contributed by atoms with van der Waals surface area (Å²) in [5, 5.41) is 11.7. The first-order valence-electron chi connectivity index (χ1n) is 6.49. The maximum atomic E-state index is 11.8. The van der Waals surface area contributed by atoms with Crippen molar-refractivity contribution in [3.8, 4) is 0 Å². The van der Waals surface area contributed by atoms with Gasteiger partial charge < -0.3 is 20.1 Å². The van der Waals surface area contributed by atoms with Gasteiger partial charge in [-0.15, -0.1) is 11.8 Å². The summed E-state index contributed by atoms with van der Waals surface area (Å²) in [6, 6.07) is -0.989. The molecule has 0 radical (unpaired) electrons. The number of unbranched alkanes of at least 4 members (excludes halogenated alkanes) is 1. The molecule has 6 nitrogen and oxygen atoms in total. The molecule has 110 valence electrons. The van der Waals surface area contributed by atoms with Crippen LogP contribution in [0.2, 0.25) is 0 Å². The van der Waals surface area contributed by atoms with Gasteiger partial charge in [0.25, 0.3) is 0 Å². The molecule has 7 heteroatoms. The Balaban J connectivity index is 2.15. The molecule has 0 saturated carbocycles. The second-order valence-electron chi connectivity index (χ2n) is 4.68. The summed E-state index contributed by atoms with van der Waals surface area (Å²) in [5.74, 6) is -0.0324. The lowest BCUT2D eigenvalue weighted by molar-refractivity contribution is -0.140. The van der Waals surface area contributed by atoms with Crippen molar-refractivity contribution in [3.63, 3.8) is 0 Å². The molecule has 1 rings (SSSR count). The summed E-state index contributed by atoms with van der Waals surface area (Å²) in [6.45, 7) is 5.20. The average molecular weight is 290 g/mol. The van der Waals surface area contributed by atoms with Gasteiger partial charge in [-0.25, -0.2) is 9.59 Å². The van der Waals surface area contributed by atoms with Crippen molar-refractivity contribution in [2.24, 2.45) is 0 Å². The zero-order valence-electron chi connectivity index (χ0n) is 11.4. The summed E-state index contributed by atoms with van der Waals surface area (Å²) in [7, 11) is 0. The van der Waals surface area contributed by atoms with Gasteiger partial charge in [-0.05, 0) is 26.7 Å². The Bertz CT molecular complexity index is 312. The molecule has 1 fully saturated rings. The number of aliphatic carboxylic acids is 1. The van der Waals surface area contributed by atoms with E-state index in [9.17, 15) is 9.59 Å². The molecule has 1 heterocycles. The van der Waals surface area contributed by atoms with Crippen molar-refractivity contribution in [1.29, 1.82) is 0 Å². The van der Waals surface area contributed by atoms with Gasteiger partial charge in [-0.3, -0.25) is 0 Å². The molecule has 0 aliphatic carbocycles. The van der Waals surface area contributed by atoms with Gasteiger partial charge in [0.15, 0.2) is 0 Å². The first kappa shape index (κ1) is 16.1. The molecule has 1 aliphatic rings.